The molecule has 68 valence electrons. The van der Waals surface area contributed by atoms with Gasteiger partial charge in [0.25, 0.3) is 10.0 Å². The van der Waals surface area contributed by atoms with E-state index in [1.165, 1.54) is 6.92 Å². The average Bonchev–Trinajstić information content (AvgIpc) is 1.86. The number of sulfonamides is 1. The van der Waals surface area contributed by atoms with Crippen LogP contribution in [0.3, 0.4) is 0 Å². The van der Waals surface area contributed by atoms with Crippen LogP contribution in [0, 0.1) is 0 Å². The molecule has 4 nitrogen and oxygen atoms in total. The van der Waals surface area contributed by atoms with Gasteiger partial charge in [-0.05, 0) is 6.92 Å². The molecule has 0 fully saturated rings. The Morgan fingerprint density at radius 3 is 2.27 bits per heavy atom. The molecule has 0 bridgehead atoms. The summed E-state index contributed by atoms with van der Waals surface area (Å²) in [5, 5.41) is 8.31. The molecule has 0 radical (unpaired) electrons. The van der Waals surface area contributed by atoms with Crippen LogP contribution < -0.4 is 4.72 Å². The number of alkyl halides is 2. The maximum absolute atomic E-state index is 11.6. The van der Waals surface area contributed by atoms with E-state index in [9.17, 15) is 17.2 Å². The Bertz CT molecular complexity index is 203. The first-order valence-corrected chi connectivity index (χ1v) is 4.35. The highest BCUT2D eigenvalue weighted by atomic mass is 32.2. The van der Waals surface area contributed by atoms with Crippen molar-refractivity contribution in [1.29, 1.82) is 0 Å². The Hall–Kier alpha value is -0.270. The molecule has 0 unspecified atom stereocenters. The van der Waals surface area contributed by atoms with Gasteiger partial charge in [0.1, 0.15) is 0 Å². The van der Waals surface area contributed by atoms with E-state index in [4.69, 9.17) is 5.11 Å². The monoisotopic (exact) mass is 189 g/mol. The molecule has 0 rings (SSSR count). The second kappa shape index (κ2) is 3.93. The first-order valence-electron chi connectivity index (χ1n) is 2.80. The standard InChI is InChI=1S/C4H9F2NO3S/c1-3(2-8)7-11(9,10)4(5)6/h3-4,7-8H,2H2,1H3/t3-/m1/s1. The van der Waals surface area contributed by atoms with Gasteiger partial charge in [-0.3, -0.25) is 0 Å². The number of aliphatic hydroxyl groups is 1. The highest BCUT2D eigenvalue weighted by Gasteiger charge is 2.24. The molecule has 0 amide bonds. The fourth-order valence-electron chi connectivity index (χ4n) is 0.369. The van der Waals surface area contributed by atoms with Crippen LogP contribution in [-0.2, 0) is 10.0 Å². The molecule has 0 aliphatic rings. The minimum absolute atomic E-state index is 0.508. The summed E-state index contributed by atoms with van der Waals surface area (Å²) >= 11 is 0. The number of aliphatic hydroxyl groups excluding tert-OH is 1. The van der Waals surface area contributed by atoms with Gasteiger partial charge in [-0.2, -0.15) is 8.78 Å². The average molecular weight is 189 g/mol. The van der Waals surface area contributed by atoms with E-state index in [-0.39, 0.29) is 0 Å². The van der Waals surface area contributed by atoms with E-state index in [0.717, 1.165) is 0 Å². The fourth-order valence-corrected chi connectivity index (χ4v) is 1.11. The van der Waals surface area contributed by atoms with Gasteiger partial charge in [0.2, 0.25) is 0 Å². The lowest BCUT2D eigenvalue weighted by Gasteiger charge is -2.09. The van der Waals surface area contributed by atoms with Gasteiger partial charge in [-0.15, -0.1) is 0 Å². The minimum atomic E-state index is -4.55. The van der Waals surface area contributed by atoms with E-state index >= 15 is 0 Å². The van der Waals surface area contributed by atoms with Crippen molar-refractivity contribution in [3.8, 4) is 0 Å². The molecule has 2 N–H and O–H groups in total. The Morgan fingerprint density at radius 2 is 2.00 bits per heavy atom. The lowest BCUT2D eigenvalue weighted by Crippen LogP contribution is -2.38. The third kappa shape index (κ3) is 3.59. The molecular weight excluding hydrogens is 180 g/mol. The van der Waals surface area contributed by atoms with Crippen LogP contribution >= 0.6 is 0 Å². The third-order valence-corrected chi connectivity index (χ3v) is 2.07. The molecular formula is C4H9F2NO3S. The van der Waals surface area contributed by atoms with Crippen LogP contribution in [0.5, 0.6) is 0 Å². The van der Waals surface area contributed by atoms with Gasteiger partial charge < -0.3 is 5.11 Å². The summed E-state index contributed by atoms with van der Waals surface area (Å²) in [4.78, 5) is 0. The summed E-state index contributed by atoms with van der Waals surface area (Å²) in [5.41, 5.74) is 0. The zero-order valence-electron chi connectivity index (χ0n) is 5.79. The van der Waals surface area contributed by atoms with Crippen molar-refractivity contribution in [3.05, 3.63) is 0 Å². The van der Waals surface area contributed by atoms with Crippen molar-refractivity contribution < 1.29 is 22.3 Å². The zero-order valence-corrected chi connectivity index (χ0v) is 6.61. The van der Waals surface area contributed by atoms with Crippen LogP contribution in [0.4, 0.5) is 8.78 Å². The predicted molar refractivity (Wildman–Crippen MR) is 34.6 cm³/mol. The Morgan fingerprint density at radius 1 is 1.55 bits per heavy atom. The summed E-state index contributed by atoms with van der Waals surface area (Å²) in [6.07, 6.45) is 0. The molecule has 0 spiro atoms. The van der Waals surface area contributed by atoms with Gasteiger partial charge >= 0.3 is 5.76 Å². The van der Waals surface area contributed by atoms with Crippen molar-refractivity contribution in [3.63, 3.8) is 0 Å². The lowest BCUT2D eigenvalue weighted by molar-refractivity contribution is 0.225. The quantitative estimate of drug-likeness (QED) is 0.627. The smallest absolute Gasteiger partial charge is 0.350 e. The molecule has 0 aliphatic carbocycles. The number of nitrogens with one attached hydrogen (secondary N) is 1. The van der Waals surface area contributed by atoms with Crippen molar-refractivity contribution in [1.82, 2.24) is 4.72 Å². The third-order valence-electron chi connectivity index (χ3n) is 0.874. The maximum Gasteiger partial charge on any atom is 0.350 e. The molecule has 7 heteroatoms. The molecule has 0 heterocycles. The van der Waals surface area contributed by atoms with E-state index in [2.05, 4.69) is 0 Å². The summed E-state index contributed by atoms with van der Waals surface area (Å²) in [6, 6.07) is -0.881. The van der Waals surface area contributed by atoms with Gasteiger partial charge in [-0.25, -0.2) is 13.1 Å². The van der Waals surface area contributed by atoms with Crippen molar-refractivity contribution >= 4 is 10.0 Å². The second-order valence-corrected chi connectivity index (χ2v) is 3.69. The lowest BCUT2D eigenvalue weighted by atomic mass is 10.4. The minimum Gasteiger partial charge on any atom is -0.395 e. The maximum atomic E-state index is 11.6. The largest absolute Gasteiger partial charge is 0.395 e. The Balaban J connectivity index is 4.15. The summed E-state index contributed by atoms with van der Waals surface area (Å²) in [7, 11) is -4.55. The Kier molecular flexibility index (Phi) is 3.84. The molecule has 0 aliphatic heterocycles. The SMILES string of the molecule is C[C@H](CO)NS(=O)(=O)C(F)F. The number of hydrogen-bond acceptors (Lipinski definition) is 3. The van der Waals surface area contributed by atoms with E-state index in [1.54, 1.807) is 4.72 Å². The predicted octanol–water partition coefficient (Wildman–Crippen LogP) is -0.491. The molecule has 0 aromatic rings. The summed E-state index contributed by atoms with van der Waals surface area (Å²) in [5.74, 6) is -3.45. The normalized spacial score (nSPS) is 15.4. The van der Waals surface area contributed by atoms with Crippen molar-refractivity contribution in [2.24, 2.45) is 0 Å². The van der Waals surface area contributed by atoms with Crippen LogP contribution in [0.25, 0.3) is 0 Å². The molecule has 11 heavy (non-hydrogen) atoms. The highest BCUT2D eigenvalue weighted by molar-refractivity contribution is 7.89. The van der Waals surface area contributed by atoms with E-state index < -0.39 is 28.4 Å². The topological polar surface area (TPSA) is 66.4 Å². The molecule has 0 aromatic heterocycles. The van der Waals surface area contributed by atoms with Gasteiger partial charge in [-0.1, -0.05) is 0 Å². The van der Waals surface area contributed by atoms with Gasteiger partial charge in [0.05, 0.1) is 6.61 Å². The molecule has 0 saturated heterocycles. The van der Waals surface area contributed by atoms with Gasteiger partial charge in [0, 0.05) is 6.04 Å². The number of hydrogen-bond donors (Lipinski definition) is 2. The van der Waals surface area contributed by atoms with Crippen LogP contribution in [0.2, 0.25) is 0 Å². The van der Waals surface area contributed by atoms with Crippen LogP contribution in [0.15, 0.2) is 0 Å². The van der Waals surface area contributed by atoms with E-state index in [1.807, 2.05) is 0 Å². The van der Waals surface area contributed by atoms with E-state index in [0.29, 0.717) is 0 Å². The molecule has 0 aromatic carbocycles. The fraction of sp³-hybridized carbons (Fsp3) is 1.00. The van der Waals surface area contributed by atoms with Crippen molar-refractivity contribution in [2.45, 2.75) is 18.7 Å². The summed E-state index contributed by atoms with van der Waals surface area (Å²) in [6.45, 7) is 0.770. The number of halogens is 2. The first kappa shape index (κ1) is 10.7. The highest BCUT2D eigenvalue weighted by Crippen LogP contribution is 2.02. The van der Waals surface area contributed by atoms with Crippen molar-refractivity contribution in [2.75, 3.05) is 6.61 Å². The number of rotatable bonds is 4. The summed E-state index contributed by atoms with van der Waals surface area (Å²) < 4.78 is 45.4. The van der Waals surface area contributed by atoms with Crippen LogP contribution in [-0.4, -0.2) is 31.9 Å². The first-order chi connectivity index (χ1) is 4.90. The van der Waals surface area contributed by atoms with Crippen LogP contribution in [0.1, 0.15) is 6.92 Å². The Labute approximate surface area is 63.3 Å². The van der Waals surface area contributed by atoms with Gasteiger partial charge in [0.15, 0.2) is 0 Å². The zero-order chi connectivity index (χ0) is 9.07. The molecule has 0 saturated carbocycles. The second-order valence-electron chi connectivity index (χ2n) is 2.01. The molecule has 1 atom stereocenters.